The summed E-state index contributed by atoms with van der Waals surface area (Å²) in [6.45, 7) is 0. The van der Waals surface area contributed by atoms with E-state index in [0.717, 1.165) is 33.4 Å². The van der Waals surface area contributed by atoms with E-state index in [1.165, 1.54) is 6.33 Å². The predicted molar refractivity (Wildman–Crippen MR) is 131 cm³/mol. The van der Waals surface area contributed by atoms with Gasteiger partial charge in [0.1, 0.15) is 23.7 Å². The predicted octanol–water partition coefficient (Wildman–Crippen LogP) is 6.45. The van der Waals surface area contributed by atoms with Crippen molar-refractivity contribution in [1.29, 1.82) is 0 Å². The molecule has 0 aliphatic rings. The van der Waals surface area contributed by atoms with Crippen molar-refractivity contribution in [2.45, 2.75) is 0 Å². The van der Waals surface area contributed by atoms with Crippen molar-refractivity contribution in [2.24, 2.45) is 4.99 Å². The van der Waals surface area contributed by atoms with Crippen LogP contribution in [0.2, 0.25) is 0 Å². The maximum absolute atomic E-state index is 5.98. The van der Waals surface area contributed by atoms with Gasteiger partial charge in [-0.05, 0) is 12.1 Å². The van der Waals surface area contributed by atoms with E-state index < -0.39 is 0 Å². The Hall–Kier alpha value is -4.91. The molecule has 0 aliphatic carbocycles. The number of nitrogens with one attached hydrogen (secondary N) is 2. The molecule has 0 bridgehead atoms. The lowest BCUT2D eigenvalue weighted by Gasteiger charge is -2.01. The highest BCUT2D eigenvalue weighted by molar-refractivity contribution is 5.91. The summed E-state index contributed by atoms with van der Waals surface area (Å²) in [5.74, 6) is 3.17. The Morgan fingerprint density at radius 1 is 0.676 bits per heavy atom. The first kappa shape index (κ1) is 19.8. The van der Waals surface area contributed by atoms with Crippen LogP contribution in [0.25, 0.3) is 33.4 Å². The van der Waals surface area contributed by atoms with Gasteiger partial charge in [0, 0.05) is 46.4 Å². The van der Waals surface area contributed by atoms with Gasteiger partial charge in [-0.15, -0.1) is 0 Å². The lowest BCUT2D eigenvalue weighted by molar-refractivity contribution is 0.589. The van der Waals surface area contributed by atoms with E-state index in [0.29, 0.717) is 23.1 Å². The minimum Gasteiger partial charge on any atom is -0.440 e. The van der Waals surface area contributed by atoms with Crippen molar-refractivity contribution in [3.05, 3.63) is 109 Å². The van der Waals surface area contributed by atoms with E-state index in [1.54, 1.807) is 0 Å². The van der Waals surface area contributed by atoms with Crippen LogP contribution in [-0.2, 0) is 0 Å². The Morgan fingerprint density at radius 3 is 2.12 bits per heavy atom. The van der Waals surface area contributed by atoms with Crippen molar-refractivity contribution in [2.75, 3.05) is 5.32 Å². The number of fused-ring (bicyclic) bond motifs is 1. The van der Waals surface area contributed by atoms with Gasteiger partial charge in [-0.1, -0.05) is 60.7 Å². The third-order valence-corrected chi connectivity index (χ3v) is 5.38. The number of anilines is 2. The van der Waals surface area contributed by atoms with Gasteiger partial charge >= 0.3 is 0 Å². The standard InChI is InChI=1S/C27H19N5O2/c1-3-7-18(8-4-1)22-11-13-24(33-22)31-26-20-15-28-16-21(20)27(30-17-29-26)32-25-14-12-23(34-25)19-9-5-2-6-10-19/h1-17,28H,(H,29,30,31,32). The van der Waals surface area contributed by atoms with Gasteiger partial charge in [-0.25, -0.2) is 9.97 Å². The molecular weight excluding hydrogens is 426 g/mol. The maximum atomic E-state index is 5.98. The van der Waals surface area contributed by atoms with E-state index in [4.69, 9.17) is 8.83 Å². The molecule has 6 rings (SSSR count). The average molecular weight is 445 g/mol. The summed E-state index contributed by atoms with van der Waals surface area (Å²) in [6, 6.07) is 27.4. The summed E-state index contributed by atoms with van der Waals surface area (Å²) < 4.78 is 11.9. The minimum absolute atomic E-state index is 0.466. The highest BCUT2D eigenvalue weighted by Crippen LogP contribution is 2.29. The summed E-state index contributed by atoms with van der Waals surface area (Å²) in [5, 5.41) is 4.88. The Labute approximate surface area is 194 Å². The Bertz CT molecular complexity index is 1630. The zero-order valence-corrected chi connectivity index (χ0v) is 18.0. The number of nitrogens with zero attached hydrogens (tertiary/aromatic N) is 3. The van der Waals surface area contributed by atoms with Gasteiger partial charge in [0.05, 0.1) is 0 Å². The molecule has 0 saturated carbocycles. The first-order chi connectivity index (χ1) is 16.8. The van der Waals surface area contributed by atoms with E-state index in [2.05, 4.69) is 25.3 Å². The van der Waals surface area contributed by atoms with Crippen molar-refractivity contribution in [3.63, 3.8) is 0 Å². The van der Waals surface area contributed by atoms with E-state index >= 15 is 0 Å². The molecule has 0 atom stereocenters. The number of aromatic nitrogens is 3. The zero-order chi connectivity index (χ0) is 22.7. The van der Waals surface area contributed by atoms with Crippen molar-refractivity contribution in [3.8, 4) is 22.6 Å². The summed E-state index contributed by atoms with van der Waals surface area (Å²) >= 11 is 0. The Kier molecular flexibility index (Phi) is 4.97. The first-order valence-corrected chi connectivity index (χ1v) is 10.8. The van der Waals surface area contributed by atoms with Gasteiger partial charge in [0.2, 0.25) is 5.88 Å². The second-order valence-corrected chi connectivity index (χ2v) is 7.60. The first-order valence-electron chi connectivity index (χ1n) is 10.8. The van der Waals surface area contributed by atoms with Crippen LogP contribution in [-0.4, -0.2) is 15.0 Å². The number of benzene rings is 2. The molecule has 0 amide bonds. The summed E-state index contributed by atoms with van der Waals surface area (Å²) in [7, 11) is 0. The van der Waals surface area contributed by atoms with Crippen LogP contribution in [0.5, 0.6) is 0 Å². The van der Waals surface area contributed by atoms with Crippen LogP contribution in [0, 0.1) is 0 Å². The van der Waals surface area contributed by atoms with Crippen LogP contribution in [0.15, 0.2) is 117 Å². The molecule has 6 aromatic rings. The molecule has 164 valence electrons. The molecular formula is C27H19N5O2. The molecule has 4 aromatic heterocycles. The molecule has 7 heteroatoms. The second-order valence-electron chi connectivity index (χ2n) is 7.60. The van der Waals surface area contributed by atoms with Gasteiger partial charge < -0.3 is 19.1 Å². The fraction of sp³-hybridized carbons (Fsp3) is 0. The third kappa shape index (κ3) is 3.86. The molecule has 4 heterocycles. The van der Waals surface area contributed by atoms with Crippen LogP contribution in [0.4, 0.5) is 17.6 Å². The van der Waals surface area contributed by atoms with E-state index in [1.807, 2.05) is 97.3 Å². The highest BCUT2D eigenvalue weighted by Gasteiger charge is 2.10. The normalized spacial score (nSPS) is 11.7. The van der Waals surface area contributed by atoms with Crippen molar-refractivity contribution >= 4 is 28.4 Å². The second kappa shape index (κ2) is 8.55. The van der Waals surface area contributed by atoms with Gasteiger partial charge in [-0.2, -0.15) is 4.99 Å². The molecule has 7 nitrogen and oxygen atoms in total. The topological polar surface area (TPSA) is 92.2 Å². The van der Waals surface area contributed by atoms with Gasteiger partial charge in [0.25, 0.3) is 0 Å². The molecule has 2 aromatic carbocycles. The molecule has 0 unspecified atom stereocenters. The van der Waals surface area contributed by atoms with Crippen LogP contribution < -0.4 is 10.8 Å². The summed E-state index contributed by atoms with van der Waals surface area (Å²) in [5.41, 5.74) is 2.49. The lowest BCUT2D eigenvalue weighted by atomic mass is 10.2. The quantitative estimate of drug-likeness (QED) is 0.318. The summed E-state index contributed by atoms with van der Waals surface area (Å²) in [4.78, 5) is 16.7. The zero-order valence-electron chi connectivity index (χ0n) is 18.0. The molecule has 0 spiro atoms. The summed E-state index contributed by atoms with van der Waals surface area (Å²) in [6.07, 6.45) is 5.17. The number of rotatable bonds is 5. The van der Waals surface area contributed by atoms with Crippen LogP contribution in [0.1, 0.15) is 0 Å². The number of hydrogen-bond acceptors (Lipinski definition) is 6. The van der Waals surface area contributed by atoms with Gasteiger partial charge in [-0.3, -0.25) is 0 Å². The Morgan fingerprint density at radius 2 is 1.35 bits per heavy atom. The third-order valence-electron chi connectivity index (χ3n) is 5.38. The Balaban J connectivity index is 1.35. The molecule has 34 heavy (non-hydrogen) atoms. The van der Waals surface area contributed by atoms with Crippen LogP contribution in [0.3, 0.4) is 0 Å². The molecule has 2 N–H and O–H groups in total. The number of H-pyrrole nitrogens is 1. The largest absolute Gasteiger partial charge is 0.440 e. The van der Waals surface area contributed by atoms with E-state index in [9.17, 15) is 0 Å². The molecule has 0 radical (unpaired) electrons. The van der Waals surface area contributed by atoms with Crippen molar-refractivity contribution < 1.29 is 8.83 Å². The fourth-order valence-corrected chi connectivity index (χ4v) is 3.74. The van der Waals surface area contributed by atoms with Gasteiger partial charge in [0.15, 0.2) is 11.4 Å². The average Bonchev–Trinajstić information content (AvgIpc) is 3.63. The molecule has 0 fully saturated rings. The monoisotopic (exact) mass is 445 g/mol. The van der Waals surface area contributed by atoms with E-state index in [-0.39, 0.29) is 0 Å². The lowest BCUT2D eigenvalue weighted by Crippen LogP contribution is -2.03. The van der Waals surface area contributed by atoms with Crippen LogP contribution >= 0.6 is 0 Å². The number of aromatic amines is 1. The highest BCUT2D eigenvalue weighted by atomic mass is 16.4. The smallest absolute Gasteiger partial charge is 0.221 e. The minimum atomic E-state index is 0.466. The van der Waals surface area contributed by atoms with Crippen molar-refractivity contribution in [1.82, 2.24) is 15.0 Å². The fourth-order valence-electron chi connectivity index (χ4n) is 3.74. The number of hydrogen-bond donors (Lipinski definition) is 2. The maximum Gasteiger partial charge on any atom is 0.221 e. The molecule has 0 aliphatic heterocycles. The number of furan rings is 2. The SMILES string of the molecule is c1ccc(-c2ccc(/N=c3\ncnc(Nc4ccc(-c5ccccc5)o4)c4c[nH]cc34)o2)cc1. The molecule has 0 saturated heterocycles.